The van der Waals surface area contributed by atoms with Gasteiger partial charge in [-0.1, -0.05) is 25.1 Å². The number of amides is 3. The number of halogens is 1. The van der Waals surface area contributed by atoms with Crippen LogP contribution in [-0.2, 0) is 6.54 Å². The van der Waals surface area contributed by atoms with E-state index in [9.17, 15) is 14.0 Å². The Morgan fingerprint density at radius 2 is 1.86 bits per heavy atom. The number of nitrogens with one attached hydrogen (secondary N) is 1. The van der Waals surface area contributed by atoms with Crippen LogP contribution in [0.5, 0.6) is 5.75 Å². The normalized spacial score (nSPS) is 10.3. The zero-order chi connectivity index (χ0) is 20.7. The molecule has 1 N–H and O–H groups in total. The number of urea groups is 1. The Hall–Kier alpha value is -3.09. The van der Waals surface area contributed by atoms with Gasteiger partial charge in [0.25, 0.3) is 5.91 Å². The first-order valence-electron chi connectivity index (χ1n) is 9.06. The lowest BCUT2D eigenvalue weighted by molar-refractivity contribution is 0.0824. The van der Waals surface area contributed by atoms with Crippen molar-refractivity contribution in [2.75, 3.05) is 33.1 Å². The molecule has 0 radical (unpaired) electrons. The van der Waals surface area contributed by atoms with Crippen molar-refractivity contribution in [2.24, 2.45) is 0 Å². The molecule has 0 saturated carbocycles. The van der Waals surface area contributed by atoms with Crippen molar-refractivity contribution in [2.45, 2.75) is 19.9 Å². The molecule has 3 amide bonds. The zero-order valence-corrected chi connectivity index (χ0v) is 16.7. The second kappa shape index (κ2) is 9.73. The summed E-state index contributed by atoms with van der Waals surface area (Å²) in [5, 5.41) is 2.79. The SMILES string of the molecule is CCCN(Cc1ccccc1F)C(=O)Nc1ccc(OC)c(C(=O)N(C)C)c1. The minimum absolute atomic E-state index is 0.159. The van der Waals surface area contributed by atoms with E-state index >= 15 is 0 Å². The van der Waals surface area contributed by atoms with Gasteiger partial charge in [-0.25, -0.2) is 9.18 Å². The van der Waals surface area contributed by atoms with E-state index in [1.54, 1.807) is 50.5 Å². The fourth-order valence-electron chi connectivity index (χ4n) is 2.75. The molecule has 0 spiro atoms. The minimum Gasteiger partial charge on any atom is -0.496 e. The monoisotopic (exact) mass is 387 g/mol. The summed E-state index contributed by atoms with van der Waals surface area (Å²) in [4.78, 5) is 28.1. The maximum absolute atomic E-state index is 14.0. The van der Waals surface area contributed by atoms with E-state index in [1.807, 2.05) is 6.92 Å². The minimum atomic E-state index is -0.362. The molecule has 0 aliphatic heterocycles. The number of carbonyl (C=O) groups excluding carboxylic acids is 2. The number of methoxy groups -OCH3 is 1. The van der Waals surface area contributed by atoms with E-state index < -0.39 is 0 Å². The summed E-state index contributed by atoms with van der Waals surface area (Å²) in [5.41, 5.74) is 1.26. The first-order chi connectivity index (χ1) is 13.4. The van der Waals surface area contributed by atoms with Crippen LogP contribution < -0.4 is 10.1 Å². The number of hydrogen-bond donors (Lipinski definition) is 1. The van der Waals surface area contributed by atoms with Crippen molar-refractivity contribution in [3.05, 3.63) is 59.4 Å². The topological polar surface area (TPSA) is 61.9 Å². The molecule has 0 aromatic heterocycles. The summed E-state index contributed by atoms with van der Waals surface area (Å²) in [7, 11) is 4.77. The van der Waals surface area contributed by atoms with E-state index in [4.69, 9.17) is 4.74 Å². The predicted octanol–water partition coefficient (Wildman–Crippen LogP) is 3.98. The lowest BCUT2D eigenvalue weighted by Gasteiger charge is -2.23. The molecule has 2 aromatic carbocycles. The average Bonchev–Trinajstić information content (AvgIpc) is 2.68. The van der Waals surface area contributed by atoms with Gasteiger partial charge in [0.05, 0.1) is 19.2 Å². The first kappa shape index (κ1) is 21.2. The van der Waals surface area contributed by atoms with Crippen LogP contribution in [0, 0.1) is 5.82 Å². The molecule has 0 bridgehead atoms. The molecule has 0 heterocycles. The van der Waals surface area contributed by atoms with Gasteiger partial charge in [-0.2, -0.15) is 0 Å². The Kier molecular flexibility index (Phi) is 7.37. The summed E-state index contributed by atoms with van der Waals surface area (Å²) < 4.78 is 19.2. The molecule has 2 rings (SSSR count). The maximum Gasteiger partial charge on any atom is 0.322 e. The van der Waals surface area contributed by atoms with Crippen molar-refractivity contribution in [1.29, 1.82) is 0 Å². The van der Waals surface area contributed by atoms with Crippen molar-refractivity contribution < 1.29 is 18.7 Å². The first-order valence-corrected chi connectivity index (χ1v) is 9.06. The second-order valence-corrected chi connectivity index (χ2v) is 6.56. The van der Waals surface area contributed by atoms with Crippen LogP contribution in [0.1, 0.15) is 29.3 Å². The standard InChI is InChI=1S/C21H26FN3O3/c1-5-12-25(14-15-8-6-7-9-18(15)22)21(27)23-16-10-11-19(28-4)17(13-16)20(26)24(2)3/h6-11,13H,5,12,14H2,1-4H3,(H,23,27). The van der Waals surface area contributed by atoms with Crippen LogP contribution in [-0.4, -0.2) is 49.5 Å². The molecule has 28 heavy (non-hydrogen) atoms. The van der Waals surface area contributed by atoms with E-state index in [1.165, 1.54) is 23.0 Å². The third-order valence-electron chi connectivity index (χ3n) is 4.19. The van der Waals surface area contributed by atoms with Crippen molar-refractivity contribution >= 4 is 17.6 Å². The summed E-state index contributed by atoms with van der Waals surface area (Å²) in [5.74, 6) is -0.155. The van der Waals surface area contributed by atoms with Crippen molar-refractivity contribution in [1.82, 2.24) is 9.80 Å². The molecular weight excluding hydrogens is 361 g/mol. The van der Waals surface area contributed by atoms with Crippen LogP contribution in [0.2, 0.25) is 0 Å². The molecule has 7 heteroatoms. The number of rotatable bonds is 7. The van der Waals surface area contributed by atoms with Gasteiger partial charge in [0.15, 0.2) is 0 Å². The molecule has 6 nitrogen and oxygen atoms in total. The Balaban J connectivity index is 2.22. The van der Waals surface area contributed by atoms with Crippen molar-refractivity contribution in [3.63, 3.8) is 0 Å². The summed E-state index contributed by atoms with van der Waals surface area (Å²) in [6, 6.07) is 10.9. The van der Waals surface area contributed by atoms with Crippen LogP contribution in [0.3, 0.4) is 0 Å². The number of ether oxygens (including phenoxy) is 1. The Bertz CT molecular complexity index is 839. The van der Waals surface area contributed by atoms with Gasteiger partial charge in [0.1, 0.15) is 11.6 Å². The highest BCUT2D eigenvalue weighted by molar-refractivity contribution is 5.99. The molecule has 0 saturated heterocycles. The quantitative estimate of drug-likeness (QED) is 0.782. The van der Waals surface area contributed by atoms with Crippen molar-refractivity contribution in [3.8, 4) is 5.75 Å². The van der Waals surface area contributed by atoms with Gasteiger partial charge in [-0.3, -0.25) is 4.79 Å². The van der Waals surface area contributed by atoms with Gasteiger partial charge in [0.2, 0.25) is 0 Å². The van der Waals surface area contributed by atoms with Gasteiger partial charge in [-0.05, 0) is 30.7 Å². The number of anilines is 1. The van der Waals surface area contributed by atoms with Crippen LogP contribution in [0.4, 0.5) is 14.9 Å². The summed E-state index contributed by atoms with van der Waals surface area (Å²) >= 11 is 0. The number of hydrogen-bond acceptors (Lipinski definition) is 3. The second-order valence-electron chi connectivity index (χ2n) is 6.56. The highest BCUT2D eigenvalue weighted by Gasteiger charge is 2.18. The highest BCUT2D eigenvalue weighted by Crippen LogP contribution is 2.24. The fourth-order valence-corrected chi connectivity index (χ4v) is 2.75. The Morgan fingerprint density at radius 3 is 2.46 bits per heavy atom. The lowest BCUT2D eigenvalue weighted by Crippen LogP contribution is -2.35. The average molecular weight is 387 g/mol. The molecule has 150 valence electrons. The van der Waals surface area contributed by atoms with E-state index in [-0.39, 0.29) is 24.3 Å². The lowest BCUT2D eigenvalue weighted by atomic mass is 10.1. The van der Waals surface area contributed by atoms with Crippen LogP contribution >= 0.6 is 0 Å². The molecule has 0 atom stereocenters. The van der Waals surface area contributed by atoms with Gasteiger partial charge < -0.3 is 19.9 Å². The van der Waals surface area contributed by atoms with E-state index in [0.29, 0.717) is 29.1 Å². The Morgan fingerprint density at radius 1 is 1.14 bits per heavy atom. The molecule has 0 aliphatic rings. The van der Waals surface area contributed by atoms with Crippen LogP contribution in [0.25, 0.3) is 0 Å². The van der Waals surface area contributed by atoms with Crippen LogP contribution in [0.15, 0.2) is 42.5 Å². The predicted molar refractivity (Wildman–Crippen MR) is 107 cm³/mol. The highest BCUT2D eigenvalue weighted by atomic mass is 19.1. The molecular formula is C21H26FN3O3. The smallest absolute Gasteiger partial charge is 0.322 e. The molecule has 0 aliphatic carbocycles. The third kappa shape index (κ3) is 5.22. The Labute approximate surface area is 164 Å². The summed E-state index contributed by atoms with van der Waals surface area (Å²) in [6.45, 7) is 2.58. The molecule has 2 aromatic rings. The third-order valence-corrected chi connectivity index (χ3v) is 4.19. The fraction of sp³-hybridized carbons (Fsp3) is 0.333. The number of nitrogens with zero attached hydrogens (tertiary/aromatic N) is 2. The van der Waals surface area contributed by atoms with Gasteiger partial charge >= 0.3 is 6.03 Å². The van der Waals surface area contributed by atoms with Gasteiger partial charge in [-0.15, -0.1) is 0 Å². The number of benzene rings is 2. The number of carbonyl (C=O) groups is 2. The van der Waals surface area contributed by atoms with E-state index in [0.717, 1.165) is 6.42 Å². The van der Waals surface area contributed by atoms with Gasteiger partial charge in [0, 0.05) is 31.9 Å². The van der Waals surface area contributed by atoms with E-state index in [2.05, 4.69) is 5.32 Å². The molecule has 0 unspecified atom stereocenters. The largest absolute Gasteiger partial charge is 0.496 e. The zero-order valence-electron chi connectivity index (χ0n) is 16.7. The maximum atomic E-state index is 14.0. The molecule has 0 fully saturated rings. The summed E-state index contributed by atoms with van der Waals surface area (Å²) in [6.07, 6.45) is 0.731.